The van der Waals surface area contributed by atoms with Crippen molar-refractivity contribution >= 4 is 35.3 Å². The number of carbonyl (C=O) groups excluding carboxylic acids is 2. The van der Waals surface area contributed by atoms with Gasteiger partial charge >= 0.3 is 0 Å². The number of nitrogens with one attached hydrogen (secondary N) is 1. The van der Waals surface area contributed by atoms with Crippen LogP contribution in [0.3, 0.4) is 0 Å². The lowest BCUT2D eigenvalue weighted by Crippen LogP contribution is -2.12. The van der Waals surface area contributed by atoms with E-state index in [1.807, 2.05) is 13.6 Å². The molecule has 0 amide bonds. The Morgan fingerprint density at radius 1 is 0.867 bits per heavy atom. The third-order valence-corrected chi connectivity index (χ3v) is 5.38. The van der Waals surface area contributed by atoms with Gasteiger partial charge in [0.05, 0.1) is 0 Å². The third-order valence-electron chi connectivity index (χ3n) is 5.38. The van der Waals surface area contributed by atoms with E-state index in [0.29, 0.717) is 0 Å². The zero-order chi connectivity index (χ0) is 21.9. The van der Waals surface area contributed by atoms with Crippen LogP contribution < -0.4 is 5.32 Å². The molecule has 2 heterocycles. The second-order valence-corrected chi connectivity index (χ2v) is 7.14. The lowest BCUT2D eigenvalue weighted by atomic mass is 10.0. The average molecular weight is 403 g/mol. The minimum absolute atomic E-state index is 1.02. The van der Waals surface area contributed by atoms with Crippen LogP contribution in [0.15, 0.2) is 66.9 Å². The number of hydrogen-bond donors (Lipinski definition) is 1. The van der Waals surface area contributed by atoms with Crippen molar-refractivity contribution in [3.05, 3.63) is 83.6 Å². The van der Waals surface area contributed by atoms with Crippen LogP contribution >= 0.6 is 0 Å². The SMILES string of the molecule is C=O.C=O.Cc1cccc2ccccc12.Cn1ccc2c3c(ccc21)CCCNC3. The van der Waals surface area contributed by atoms with E-state index in [4.69, 9.17) is 9.59 Å². The fourth-order valence-electron chi connectivity index (χ4n) is 3.91. The maximum Gasteiger partial charge on any atom is 0.106 e. The van der Waals surface area contributed by atoms with Gasteiger partial charge in [0.1, 0.15) is 13.6 Å². The molecule has 4 heteroatoms. The second kappa shape index (κ2) is 11.7. The van der Waals surface area contributed by atoms with Crippen molar-refractivity contribution in [1.29, 1.82) is 0 Å². The standard InChI is InChI=1S/C13H16N2.C11H10.2CH2O/c1-15-8-6-11-12-9-14-7-2-3-10(12)4-5-13(11)15;1-9-5-4-7-10-6-2-3-8-11(9)10;2*1-2/h4-6,8,14H,2-3,7,9H2,1H3;2-8H,1H3;2*1H2. The van der Waals surface area contributed by atoms with Crippen molar-refractivity contribution < 1.29 is 9.59 Å². The summed E-state index contributed by atoms with van der Waals surface area (Å²) in [4.78, 5) is 16.0. The average Bonchev–Trinajstić information content (AvgIpc) is 3.02. The summed E-state index contributed by atoms with van der Waals surface area (Å²) in [6.45, 7) is 8.31. The first-order valence-corrected chi connectivity index (χ1v) is 10.0. The minimum atomic E-state index is 1.02. The van der Waals surface area contributed by atoms with E-state index in [2.05, 4.69) is 90.7 Å². The van der Waals surface area contributed by atoms with Gasteiger partial charge in [-0.05, 0) is 65.9 Å². The van der Waals surface area contributed by atoms with Crippen molar-refractivity contribution in [3.63, 3.8) is 0 Å². The lowest BCUT2D eigenvalue weighted by molar-refractivity contribution is -0.0987. The zero-order valence-electron chi connectivity index (χ0n) is 17.9. The van der Waals surface area contributed by atoms with Crippen LogP contribution in [0.2, 0.25) is 0 Å². The minimum Gasteiger partial charge on any atom is -0.351 e. The van der Waals surface area contributed by atoms with Crippen molar-refractivity contribution in [2.24, 2.45) is 7.05 Å². The van der Waals surface area contributed by atoms with Gasteiger partial charge in [0.25, 0.3) is 0 Å². The Morgan fingerprint density at radius 2 is 1.60 bits per heavy atom. The summed E-state index contributed by atoms with van der Waals surface area (Å²) < 4.78 is 2.19. The Hall–Kier alpha value is -3.24. The highest BCUT2D eigenvalue weighted by Gasteiger charge is 2.11. The summed E-state index contributed by atoms with van der Waals surface area (Å²) in [6, 6.07) is 21.6. The van der Waals surface area contributed by atoms with E-state index >= 15 is 0 Å². The van der Waals surface area contributed by atoms with Gasteiger partial charge < -0.3 is 19.5 Å². The molecule has 3 aromatic carbocycles. The highest BCUT2D eigenvalue weighted by Crippen LogP contribution is 2.25. The molecule has 0 saturated carbocycles. The molecule has 30 heavy (non-hydrogen) atoms. The summed E-state index contributed by atoms with van der Waals surface area (Å²) >= 11 is 0. The number of fused-ring (bicyclic) bond motifs is 4. The summed E-state index contributed by atoms with van der Waals surface area (Å²) in [7, 11) is 2.11. The van der Waals surface area contributed by atoms with E-state index in [1.165, 1.54) is 51.2 Å². The van der Waals surface area contributed by atoms with Crippen LogP contribution in [0.25, 0.3) is 21.7 Å². The van der Waals surface area contributed by atoms with Crippen molar-refractivity contribution in [1.82, 2.24) is 9.88 Å². The van der Waals surface area contributed by atoms with E-state index < -0.39 is 0 Å². The lowest BCUT2D eigenvalue weighted by Gasteiger charge is -2.07. The molecule has 5 rings (SSSR count). The first-order valence-electron chi connectivity index (χ1n) is 10.0. The molecular weight excluding hydrogens is 372 g/mol. The van der Waals surface area contributed by atoms with E-state index in [0.717, 1.165) is 13.1 Å². The van der Waals surface area contributed by atoms with Crippen molar-refractivity contribution in [3.8, 4) is 0 Å². The predicted octanol–water partition coefficient (Wildman–Crippen LogP) is 4.99. The van der Waals surface area contributed by atoms with Crippen LogP contribution in [-0.4, -0.2) is 24.7 Å². The Labute approximate surface area is 178 Å². The van der Waals surface area contributed by atoms with Gasteiger partial charge in [-0.2, -0.15) is 0 Å². The number of hydrogen-bond acceptors (Lipinski definition) is 3. The third kappa shape index (κ3) is 5.22. The molecule has 1 aromatic heterocycles. The molecule has 1 aliphatic heterocycles. The summed E-state index contributed by atoms with van der Waals surface area (Å²) in [5.74, 6) is 0. The van der Waals surface area contributed by atoms with Gasteiger partial charge in [0.2, 0.25) is 0 Å². The zero-order valence-corrected chi connectivity index (χ0v) is 17.9. The van der Waals surface area contributed by atoms with Gasteiger partial charge in [-0.25, -0.2) is 0 Å². The number of carbonyl (C=O) groups is 2. The molecule has 0 unspecified atom stereocenters. The van der Waals surface area contributed by atoms with Crippen LogP contribution in [0.4, 0.5) is 0 Å². The number of rotatable bonds is 0. The molecule has 0 spiro atoms. The molecule has 1 N–H and O–H groups in total. The molecule has 1 aliphatic rings. The Balaban J connectivity index is 0.000000190. The Kier molecular flexibility index (Phi) is 8.98. The molecule has 4 nitrogen and oxygen atoms in total. The van der Waals surface area contributed by atoms with Crippen LogP contribution in [-0.2, 0) is 29.6 Å². The number of benzene rings is 3. The molecule has 0 aliphatic carbocycles. The van der Waals surface area contributed by atoms with Gasteiger partial charge in [-0.3, -0.25) is 0 Å². The highest BCUT2D eigenvalue weighted by atomic mass is 16.1. The van der Waals surface area contributed by atoms with E-state index in [9.17, 15) is 0 Å². The molecule has 0 bridgehead atoms. The molecule has 0 fully saturated rings. The summed E-state index contributed by atoms with van der Waals surface area (Å²) in [5, 5.41) is 7.60. The fraction of sp³-hybridized carbons (Fsp3) is 0.231. The van der Waals surface area contributed by atoms with Gasteiger partial charge in [0.15, 0.2) is 0 Å². The van der Waals surface area contributed by atoms with Crippen LogP contribution in [0.1, 0.15) is 23.1 Å². The quantitative estimate of drug-likeness (QED) is 0.451. The maximum absolute atomic E-state index is 8.00. The smallest absolute Gasteiger partial charge is 0.106 e. The van der Waals surface area contributed by atoms with Crippen LogP contribution in [0.5, 0.6) is 0 Å². The first-order chi connectivity index (χ1) is 14.7. The van der Waals surface area contributed by atoms with E-state index in [-0.39, 0.29) is 0 Å². The monoisotopic (exact) mass is 402 g/mol. The Morgan fingerprint density at radius 3 is 2.37 bits per heavy atom. The number of aryl methyl sites for hydroxylation is 3. The van der Waals surface area contributed by atoms with E-state index in [1.54, 1.807) is 0 Å². The maximum atomic E-state index is 8.00. The molecule has 156 valence electrons. The number of nitrogens with zero attached hydrogens (tertiary/aromatic N) is 1. The Bertz CT molecular complexity index is 1080. The predicted molar refractivity (Wildman–Crippen MR) is 126 cm³/mol. The highest BCUT2D eigenvalue weighted by molar-refractivity contribution is 5.85. The first kappa shape index (κ1) is 23.0. The number of aromatic nitrogens is 1. The fourth-order valence-corrected chi connectivity index (χ4v) is 3.91. The largest absolute Gasteiger partial charge is 0.351 e. The topological polar surface area (TPSA) is 51.1 Å². The van der Waals surface area contributed by atoms with Crippen molar-refractivity contribution in [2.45, 2.75) is 26.3 Å². The molecule has 0 saturated heterocycles. The van der Waals surface area contributed by atoms with Crippen LogP contribution in [0, 0.1) is 6.92 Å². The molecule has 0 atom stereocenters. The van der Waals surface area contributed by atoms with Gasteiger partial charge in [-0.15, -0.1) is 0 Å². The molecular formula is C26H30N2O2. The summed E-state index contributed by atoms with van der Waals surface area (Å²) in [6.07, 6.45) is 4.62. The summed E-state index contributed by atoms with van der Waals surface area (Å²) in [5.41, 5.74) is 5.73. The van der Waals surface area contributed by atoms with Gasteiger partial charge in [-0.1, -0.05) is 48.5 Å². The van der Waals surface area contributed by atoms with Crippen molar-refractivity contribution in [2.75, 3.05) is 6.54 Å². The van der Waals surface area contributed by atoms with Gasteiger partial charge in [0, 0.05) is 30.7 Å². The molecule has 0 radical (unpaired) electrons. The second-order valence-electron chi connectivity index (χ2n) is 7.14. The molecule has 4 aromatic rings. The normalized spacial score (nSPS) is 12.2.